The maximum atomic E-state index is 12.7. The van der Waals surface area contributed by atoms with Crippen LogP contribution in [-0.4, -0.2) is 39.9 Å². The zero-order valence-corrected chi connectivity index (χ0v) is 22.8. The van der Waals surface area contributed by atoms with Crippen molar-refractivity contribution in [1.29, 1.82) is 0 Å². The fraction of sp³-hybridized carbons (Fsp3) is 0.200. The van der Waals surface area contributed by atoms with E-state index >= 15 is 0 Å². The molecule has 1 amide bonds. The topological polar surface area (TPSA) is 174 Å². The first-order valence-corrected chi connectivity index (χ1v) is 14.4. The summed E-state index contributed by atoms with van der Waals surface area (Å²) < 4.78 is 58.0. The molecule has 0 aliphatic carbocycles. The quantitative estimate of drug-likeness (QED) is 0.152. The molecule has 0 radical (unpaired) electrons. The Balaban J connectivity index is 1.68. The number of non-ortho nitro benzene ring substituents is 1. The second kappa shape index (κ2) is 12.1. The highest BCUT2D eigenvalue weighted by atomic mass is 32.2. The molecule has 0 aliphatic heterocycles. The molecule has 2 N–H and O–H groups in total. The number of hydrazone groups is 1. The molecular weight excluding hydrogens is 548 g/mol. The summed E-state index contributed by atoms with van der Waals surface area (Å²) in [5.74, 6) is -1.15. The third-order valence-electron chi connectivity index (χ3n) is 5.35. The van der Waals surface area contributed by atoms with Crippen molar-refractivity contribution in [3.63, 3.8) is 0 Å². The van der Waals surface area contributed by atoms with E-state index in [0.29, 0.717) is 5.56 Å². The fourth-order valence-electron chi connectivity index (χ4n) is 3.24. The smallest absolute Gasteiger partial charge is 0.339 e. The fourth-order valence-corrected chi connectivity index (χ4v) is 5.51. The third kappa shape index (κ3) is 7.92. The average molecular weight is 575 g/mol. The summed E-state index contributed by atoms with van der Waals surface area (Å²) in [6.45, 7) is 5.18. The molecule has 39 heavy (non-hydrogen) atoms. The second-order valence-electron chi connectivity index (χ2n) is 8.75. The highest BCUT2D eigenvalue weighted by Crippen LogP contribution is 2.21. The number of carbonyl (C=O) groups excluding carboxylic acids is 1. The SMILES string of the molecule is Cc1ccc(S(=O)(=O)N[C@H](C(=O)N/N=C\c2cccc(OS(=O)(=O)c3ccc([N+](=O)[O-])cc3)c2)C(C)C)cc1. The number of hydrogen-bond donors (Lipinski definition) is 2. The molecule has 0 fully saturated rings. The van der Waals surface area contributed by atoms with E-state index in [9.17, 15) is 31.7 Å². The van der Waals surface area contributed by atoms with Crippen molar-refractivity contribution in [3.8, 4) is 5.75 Å². The Morgan fingerprint density at radius 3 is 2.18 bits per heavy atom. The van der Waals surface area contributed by atoms with Crippen LogP contribution in [0.2, 0.25) is 0 Å². The molecule has 0 bridgehead atoms. The van der Waals surface area contributed by atoms with Gasteiger partial charge in [-0.15, -0.1) is 0 Å². The monoisotopic (exact) mass is 574 g/mol. The van der Waals surface area contributed by atoms with Gasteiger partial charge in [0.25, 0.3) is 11.6 Å². The number of aryl methyl sites for hydroxylation is 1. The minimum Gasteiger partial charge on any atom is -0.379 e. The van der Waals surface area contributed by atoms with Crippen molar-refractivity contribution < 1.29 is 30.7 Å². The van der Waals surface area contributed by atoms with Crippen LogP contribution < -0.4 is 14.3 Å². The molecular formula is C25H26N4O8S2. The first-order chi connectivity index (χ1) is 18.3. The summed E-state index contributed by atoms with van der Waals surface area (Å²) in [6, 6.07) is 15.1. The van der Waals surface area contributed by atoms with Gasteiger partial charge in [0.2, 0.25) is 10.0 Å². The zero-order chi connectivity index (χ0) is 28.8. The molecule has 3 rings (SSSR count). The maximum Gasteiger partial charge on any atom is 0.339 e. The zero-order valence-electron chi connectivity index (χ0n) is 21.1. The lowest BCUT2D eigenvalue weighted by Crippen LogP contribution is -2.48. The van der Waals surface area contributed by atoms with Gasteiger partial charge in [0.05, 0.1) is 16.0 Å². The third-order valence-corrected chi connectivity index (χ3v) is 8.07. The Morgan fingerprint density at radius 1 is 0.974 bits per heavy atom. The van der Waals surface area contributed by atoms with Gasteiger partial charge in [-0.2, -0.15) is 18.2 Å². The minimum atomic E-state index is -4.27. The van der Waals surface area contributed by atoms with E-state index in [-0.39, 0.29) is 21.2 Å². The van der Waals surface area contributed by atoms with Crippen LogP contribution in [-0.2, 0) is 24.9 Å². The van der Waals surface area contributed by atoms with Crippen LogP contribution in [0.15, 0.2) is 87.7 Å². The van der Waals surface area contributed by atoms with E-state index in [4.69, 9.17) is 4.18 Å². The van der Waals surface area contributed by atoms with Gasteiger partial charge in [-0.3, -0.25) is 14.9 Å². The van der Waals surface area contributed by atoms with Crippen LogP contribution in [0.4, 0.5) is 5.69 Å². The minimum absolute atomic E-state index is 0.0237. The van der Waals surface area contributed by atoms with Crippen LogP contribution >= 0.6 is 0 Å². The maximum absolute atomic E-state index is 12.7. The van der Waals surface area contributed by atoms with Crippen molar-refractivity contribution in [1.82, 2.24) is 10.1 Å². The summed E-state index contributed by atoms with van der Waals surface area (Å²) >= 11 is 0. The van der Waals surface area contributed by atoms with Gasteiger partial charge < -0.3 is 4.18 Å². The molecule has 0 heterocycles. The van der Waals surface area contributed by atoms with Crippen LogP contribution in [0, 0.1) is 23.0 Å². The molecule has 12 nitrogen and oxygen atoms in total. The lowest BCUT2D eigenvalue weighted by atomic mass is 10.1. The number of nitrogens with zero attached hydrogens (tertiary/aromatic N) is 2. The molecule has 0 saturated carbocycles. The van der Waals surface area contributed by atoms with E-state index < -0.39 is 42.9 Å². The van der Waals surface area contributed by atoms with Gasteiger partial charge in [-0.05, 0) is 54.8 Å². The lowest BCUT2D eigenvalue weighted by Gasteiger charge is -2.20. The van der Waals surface area contributed by atoms with Crippen LogP contribution in [0.3, 0.4) is 0 Å². The first-order valence-electron chi connectivity index (χ1n) is 11.5. The number of nitro groups is 1. The van der Waals surface area contributed by atoms with E-state index in [0.717, 1.165) is 29.8 Å². The number of sulfonamides is 1. The Kier molecular flexibility index (Phi) is 9.16. The van der Waals surface area contributed by atoms with Crippen LogP contribution in [0.5, 0.6) is 5.75 Å². The van der Waals surface area contributed by atoms with Crippen molar-refractivity contribution in [3.05, 3.63) is 94.0 Å². The Labute approximate surface area is 226 Å². The summed E-state index contributed by atoms with van der Waals surface area (Å²) in [4.78, 5) is 22.6. The normalized spacial score (nSPS) is 12.8. The van der Waals surface area contributed by atoms with Crippen molar-refractivity contribution >= 4 is 38.0 Å². The molecule has 3 aromatic rings. The molecule has 1 atom stereocenters. The average Bonchev–Trinajstić information content (AvgIpc) is 2.87. The number of nitro benzene ring substituents is 1. The summed E-state index contributed by atoms with van der Waals surface area (Å²) in [5.41, 5.74) is 3.28. The Hall–Kier alpha value is -4.14. The van der Waals surface area contributed by atoms with E-state index in [1.807, 2.05) is 6.92 Å². The Morgan fingerprint density at radius 2 is 1.59 bits per heavy atom. The van der Waals surface area contributed by atoms with Gasteiger partial charge >= 0.3 is 10.1 Å². The molecule has 0 spiro atoms. The van der Waals surface area contributed by atoms with E-state index in [1.54, 1.807) is 32.0 Å². The number of nitrogens with one attached hydrogen (secondary N) is 2. The summed E-state index contributed by atoms with van der Waals surface area (Å²) in [6.07, 6.45) is 1.23. The number of hydrogen-bond acceptors (Lipinski definition) is 9. The van der Waals surface area contributed by atoms with E-state index in [2.05, 4.69) is 15.2 Å². The van der Waals surface area contributed by atoms with E-state index in [1.165, 1.54) is 36.5 Å². The van der Waals surface area contributed by atoms with Gasteiger partial charge in [0.1, 0.15) is 16.7 Å². The van der Waals surface area contributed by atoms with Gasteiger partial charge in [0.15, 0.2) is 0 Å². The lowest BCUT2D eigenvalue weighted by molar-refractivity contribution is -0.384. The van der Waals surface area contributed by atoms with Crippen molar-refractivity contribution in [2.24, 2.45) is 11.0 Å². The summed E-state index contributed by atoms with van der Waals surface area (Å²) in [7, 11) is -8.24. The Bertz CT molecular complexity index is 1590. The highest BCUT2D eigenvalue weighted by molar-refractivity contribution is 7.89. The standard InChI is InChI=1S/C25H26N4O8S2/c1-17(2)24(28-38(33,34)22-11-7-18(3)8-12-22)25(30)27-26-16-19-5-4-6-21(15-19)37-39(35,36)23-13-9-20(10-14-23)29(31)32/h4-17,24,28H,1-3H3,(H,27,30)/b26-16-/t24-/m0/s1. The van der Waals surface area contributed by atoms with Gasteiger partial charge in [-0.25, -0.2) is 13.8 Å². The number of carbonyl (C=O) groups is 1. The number of benzene rings is 3. The molecule has 0 aliphatic rings. The molecule has 0 aromatic heterocycles. The van der Waals surface area contributed by atoms with Gasteiger partial charge in [0, 0.05) is 12.1 Å². The highest BCUT2D eigenvalue weighted by Gasteiger charge is 2.28. The van der Waals surface area contributed by atoms with Crippen LogP contribution in [0.1, 0.15) is 25.0 Å². The van der Waals surface area contributed by atoms with Crippen molar-refractivity contribution in [2.45, 2.75) is 36.6 Å². The summed E-state index contributed by atoms with van der Waals surface area (Å²) in [5, 5.41) is 14.6. The molecule has 0 unspecified atom stereocenters. The van der Waals surface area contributed by atoms with Gasteiger partial charge in [-0.1, -0.05) is 43.7 Å². The largest absolute Gasteiger partial charge is 0.379 e. The molecule has 0 saturated heterocycles. The predicted octanol–water partition coefficient (Wildman–Crippen LogP) is 3.12. The van der Waals surface area contributed by atoms with Crippen molar-refractivity contribution in [2.75, 3.05) is 0 Å². The molecule has 206 valence electrons. The number of rotatable bonds is 11. The molecule has 3 aromatic carbocycles. The second-order valence-corrected chi connectivity index (χ2v) is 12.0. The number of amides is 1. The predicted molar refractivity (Wildman–Crippen MR) is 143 cm³/mol. The molecule has 14 heteroatoms. The van der Waals surface area contributed by atoms with Crippen LogP contribution in [0.25, 0.3) is 0 Å². The first kappa shape index (κ1) is 29.4.